The van der Waals surface area contributed by atoms with E-state index in [0.29, 0.717) is 42.5 Å². The molecule has 0 aliphatic heterocycles. The number of halogens is 2. The molecule has 0 saturated heterocycles. The van der Waals surface area contributed by atoms with Crippen molar-refractivity contribution < 1.29 is 19.0 Å². The quantitative estimate of drug-likeness (QED) is 0.283. The molecule has 2 N–H and O–H groups in total. The molecule has 0 bridgehead atoms. The summed E-state index contributed by atoms with van der Waals surface area (Å²) < 4.78 is 20.8. The van der Waals surface area contributed by atoms with Gasteiger partial charge in [0, 0.05) is 22.5 Å². The molecule has 3 aromatic rings. The number of rotatable bonds is 8. The highest BCUT2D eigenvalue weighted by atomic mass is 35.5. The zero-order chi connectivity index (χ0) is 28.6. The Kier molecular flexibility index (Phi) is 7.71. The Balaban J connectivity index is 1.19. The van der Waals surface area contributed by atoms with Crippen molar-refractivity contribution in [1.29, 1.82) is 0 Å². The lowest BCUT2D eigenvalue weighted by Gasteiger charge is -2.47. The van der Waals surface area contributed by atoms with Crippen molar-refractivity contribution in [2.45, 2.75) is 81.8 Å². The third kappa shape index (κ3) is 5.31. The third-order valence-electron chi connectivity index (χ3n) is 9.85. The van der Waals surface area contributed by atoms with Crippen molar-refractivity contribution in [2.24, 2.45) is 11.8 Å². The molecule has 7 heteroatoms. The Morgan fingerprint density at radius 3 is 2.76 bits per heavy atom. The number of benzene rings is 2. The van der Waals surface area contributed by atoms with Crippen LogP contribution in [0.5, 0.6) is 5.75 Å². The zero-order valence-electron chi connectivity index (χ0n) is 23.5. The number of nitrogens with zero attached hydrogens (tertiary/aromatic N) is 1. The molecule has 1 heterocycles. The molecule has 216 valence electrons. The lowest BCUT2D eigenvalue weighted by Crippen LogP contribution is -2.53. The van der Waals surface area contributed by atoms with Gasteiger partial charge in [0.25, 0.3) is 0 Å². The maximum atomic E-state index is 14.4. The number of carboxylic acids is 1. The van der Waals surface area contributed by atoms with Gasteiger partial charge in [0.15, 0.2) is 0 Å². The van der Waals surface area contributed by atoms with Gasteiger partial charge in [0.1, 0.15) is 17.5 Å². The molecule has 1 spiro atoms. The van der Waals surface area contributed by atoms with Crippen LogP contribution in [0.15, 0.2) is 60.8 Å². The number of hydrogen-bond acceptors (Lipinski definition) is 4. The molecule has 1 fully saturated rings. The van der Waals surface area contributed by atoms with E-state index < -0.39 is 17.7 Å². The maximum Gasteiger partial charge on any atom is 0.329 e. The van der Waals surface area contributed by atoms with Gasteiger partial charge in [0.05, 0.1) is 12.3 Å². The standard InChI is InChI=1S/C34H38ClFN2O3/c1-22(21-41-30-12-17-37-31-27(30)9-5-11-29(31)36)18-24-19-23-6-2-3-10-28(23)33(24)13-15-34(16-14-33,32(39)40)38-26-8-4-7-25(35)20-26/h2-4,6-8,10,12,17,20,22,24,29,38H,5,9,11,13-16,18-19,21H2,1H3,(H,39,40)/t22-,24?,29-,33?,34?/m1/s1. The summed E-state index contributed by atoms with van der Waals surface area (Å²) in [5, 5.41) is 14.3. The van der Waals surface area contributed by atoms with Crippen LogP contribution in [0.3, 0.4) is 0 Å². The molecule has 1 unspecified atom stereocenters. The molecule has 3 aliphatic rings. The Labute approximate surface area is 246 Å². The van der Waals surface area contributed by atoms with Gasteiger partial charge in [-0.15, -0.1) is 0 Å². The van der Waals surface area contributed by atoms with Gasteiger partial charge in [-0.2, -0.15) is 0 Å². The number of hydrogen-bond donors (Lipinski definition) is 2. The second-order valence-corrected chi connectivity index (χ2v) is 12.9. The molecule has 1 saturated carbocycles. The van der Waals surface area contributed by atoms with E-state index in [1.165, 1.54) is 11.1 Å². The van der Waals surface area contributed by atoms with Gasteiger partial charge in [-0.25, -0.2) is 9.18 Å². The van der Waals surface area contributed by atoms with Gasteiger partial charge in [-0.1, -0.05) is 48.9 Å². The van der Waals surface area contributed by atoms with E-state index in [-0.39, 0.29) is 11.3 Å². The molecule has 5 nitrogen and oxygen atoms in total. The summed E-state index contributed by atoms with van der Waals surface area (Å²) in [4.78, 5) is 17.0. The Morgan fingerprint density at radius 1 is 1.17 bits per heavy atom. The van der Waals surface area contributed by atoms with Crippen LogP contribution >= 0.6 is 11.6 Å². The summed E-state index contributed by atoms with van der Waals surface area (Å²) in [5.74, 6) is 0.645. The third-order valence-corrected chi connectivity index (χ3v) is 10.1. The molecule has 2 aromatic carbocycles. The SMILES string of the molecule is C[C@@H](COc1ccnc2c1CCC[C@H]2F)CC1Cc2ccccc2C12CCC(Nc1cccc(Cl)c1)(C(=O)O)CC2. The number of pyridine rings is 1. The second-order valence-electron chi connectivity index (χ2n) is 12.4. The predicted molar refractivity (Wildman–Crippen MR) is 160 cm³/mol. The van der Waals surface area contributed by atoms with E-state index in [4.69, 9.17) is 16.3 Å². The van der Waals surface area contributed by atoms with E-state index in [9.17, 15) is 14.3 Å². The molecule has 0 radical (unpaired) electrons. The molecule has 1 aromatic heterocycles. The van der Waals surface area contributed by atoms with Crippen molar-refractivity contribution in [2.75, 3.05) is 11.9 Å². The lowest BCUT2D eigenvalue weighted by atomic mass is 9.59. The average molecular weight is 577 g/mol. The van der Waals surface area contributed by atoms with Gasteiger partial charge in [-0.05, 0) is 110 Å². The van der Waals surface area contributed by atoms with Gasteiger partial charge >= 0.3 is 5.97 Å². The van der Waals surface area contributed by atoms with Crippen molar-refractivity contribution >= 4 is 23.3 Å². The van der Waals surface area contributed by atoms with Crippen LogP contribution in [-0.2, 0) is 23.1 Å². The smallest absolute Gasteiger partial charge is 0.329 e. The fraction of sp³-hybridized carbons (Fsp3) is 0.471. The summed E-state index contributed by atoms with van der Waals surface area (Å²) in [6, 6.07) is 17.9. The number of alkyl halides is 1. The maximum absolute atomic E-state index is 14.4. The average Bonchev–Trinajstić information content (AvgIpc) is 3.25. The normalized spacial score (nSPS) is 27.6. The summed E-state index contributed by atoms with van der Waals surface area (Å²) in [7, 11) is 0. The van der Waals surface area contributed by atoms with Gasteiger partial charge < -0.3 is 15.2 Å². The molecule has 3 atom stereocenters. The van der Waals surface area contributed by atoms with E-state index in [0.717, 1.165) is 55.5 Å². The molecule has 3 aliphatic carbocycles. The first kappa shape index (κ1) is 28.0. The number of aromatic nitrogens is 1. The number of carboxylic acid groups (broad SMARTS) is 1. The molecule has 41 heavy (non-hydrogen) atoms. The number of aliphatic carboxylic acids is 1. The van der Waals surface area contributed by atoms with Crippen molar-refractivity contribution in [1.82, 2.24) is 4.98 Å². The first-order chi connectivity index (χ1) is 19.8. The summed E-state index contributed by atoms with van der Waals surface area (Å²) in [5.41, 5.74) is 3.89. The van der Waals surface area contributed by atoms with Crippen molar-refractivity contribution in [3.63, 3.8) is 0 Å². The fourth-order valence-electron chi connectivity index (χ4n) is 7.74. The van der Waals surface area contributed by atoms with Crippen LogP contribution in [0.4, 0.5) is 10.1 Å². The minimum Gasteiger partial charge on any atom is -0.493 e. The molecule has 6 rings (SSSR count). The van der Waals surface area contributed by atoms with Crippen LogP contribution < -0.4 is 10.1 Å². The van der Waals surface area contributed by atoms with Gasteiger partial charge in [-0.3, -0.25) is 4.98 Å². The zero-order valence-corrected chi connectivity index (χ0v) is 24.3. The number of nitrogens with one attached hydrogen (secondary N) is 1. The Morgan fingerprint density at radius 2 is 1.98 bits per heavy atom. The molecular formula is C34H38ClFN2O3. The second kappa shape index (κ2) is 11.3. The van der Waals surface area contributed by atoms with Crippen LogP contribution in [0.1, 0.15) is 80.4 Å². The highest BCUT2D eigenvalue weighted by Crippen LogP contribution is 2.56. The highest BCUT2D eigenvalue weighted by Gasteiger charge is 2.54. The van der Waals surface area contributed by atoms with E-state index in [1.807, 2.05) is 18.2 Å². The molecule has 0 amide bonds. The first-order valence-electron chi connectivity index (χ1n) is 14.9. The highest BCUT2D eigenvalue weighted by molar-refractivity contribution is 6.30. The van der Waals surface area contributed by atoms with Crippen LogP contribution in [0.2, 0.25) is 5.02 Å². The lowest BCUT2D eigenvalue weighted by molar-refractivity contribution is -0.144. The molecular weight excluding hydrogens is 539 g/mol. The minimum absolute atomic E-state index is 0.0584. The van der Waals surface area contributed by atoms with E-state index in [2.05, 4.69) is 41.5 Å². The minimum atomic E-state index is -1.03. The van der Waals surface area contributed by atoms with Crippen molar-refractivity contribution in [3.05, 3.63) is 88.2 Å². The van der Waals surface area contributed by atoms with Crippen molar-refractivity contribution in [3.8, 4) is 5.75 Å². The van der Waals surface area contributed by atoms with E-state index in [1.54, 1.807) is 18.3 Å². The predicted octanol–water partition coefficient (Wildman–Crippen LogP) is 8.11. The first-order valence-corrected chi connectivity index (χ1v) is 15.3. The number of ether oxygens (including phenoxy) is 1. The summed E-state index contributed by atoms with van der Waals surface area (Å²) in [6.45, 7) is 2.79. The van der Waals surface area contributed by atoms with Crippen LogP contribution in [0.25, 0.3) is 0 Å². The number of anilines is 1. The van der Waals surface area contributed by atoms with Gasteiger partial charge in [0.2, 0.25) is 0 Å². The summed E-state index contributed by atoms with van der Waals surface area (Å²) in [6.07, 6.45) is 7.48. The van der Waals surface area contributed by atoms with Crippen LogP contribution in [0, 0.1) is 11.8 Å². The number of fused-ring (bicyclic) bond motifs is 3. The Hall–Kier alpha value is -3.12. The van der Waals surface area contributed by atoms with E-state index >= 15 is 0 Å². The monoisotopic (exact) mass is 576 g/mol. The largest absolute Gasteiger partial charge is 0.493 e. The topological polar surface area (TPSA) is 71.5 Å². The fourth-order valence-corrected chi connectivity index (χ4v) is 7.93. The number of carbonyl (C=O) groups is 1. The summed E-state index contributed by atoms with van der Waals surface area (Å²) >= 11 is 6.20. The Bertz CT molecular complexity index is 1420. The van der Waals surface area contributed by atoms with Crippen LogP contribution in [-0.4, -0.2) is 28.2 Å².